The summed E-state index contributed by atoms with van der Waals surface area (Å²) in [6, 6.07) is 3.08. The van der Waals surface area contributed by atoms with Crippen LogP contribution in [0.3, 0.4) is 0 Å². The van der Waals surface area contributed by atoms with Crippen LogP contribution in [0.4, 0.5) is 0 Å². The Hall–Kier alpha value is -0.910. The predicted molar refractivity (Wildman–Crippen MR) is 69.0 cm³/mol. The second-order valence-corrected chi connectivity index (χ2v) is 5.53. The highest BCUT2D eigenvalue weighted by Crippen LogP contribution is 2.21. The summed E-state index contributed by atoms with van der Waals surface area (Å²) in [5.74, 6) is 0.969. The molecule has 2 N–H and O–H groups in total. The Kier molecular flexibility index (Phi) is 3.63. The molecule has 2 saturated heterocycles. The molecule has 5 heteroatoms. The molecule has 2 fully saturated rings. The van der Waals surface area contributed by atoms with E-state index < -0.39 is 0 Å². The minimum absolute atomic E-state index is 0.424. The molecule has 0 radical (unpaired) electrons. The van der Waals surface area contributed by atoms with Gasteiger partial charge in [0.15, 0.2) is 5.76 Å². The number of aromatic nitrogens is 1. The van der Waals surface area contributed by atoms with Crippen LogP contribution in [-0.2, 0) is 6.54 Å². The minimum Gasteiger partial charge on any atom is -0.360 e. The molecule has 3 rings (SSSR count). The summed E-state index contributed by atoms with van der Waals surface area (Å²) in [7, 11) is 0. The Morgan fingerprint density at radius 2 is 2.11 bits per heavy atom. The minimum atomic E-state index is 0.424. The monoisotopic (exact) mass is 250 g/mol. The molecule has 5 nitrogen and oxygen atoms in total. The number of nitrogens with two attached hydrogens (primary N) is 1. The Morgan fingerprint density at radius 1 is 1.28 bits per heavy atom. The molecular formula is C13H22N4O. The van der Waals surface area contributed by atoms with Gasteiger partial charge in [-0.05, 0) is 32.4 Å². The van der Waals surface area contributed by atoms with Crippen molar-refractivity contribution in [2.45, 2.75) is 37.9 Å². The molecule has 1 atom stereocenters. The van der Waals surface area contributed by atoms with Crippen molar-refractivity contribution in [2.75, 3.05) is 26.2 Å². The second kappa shape index (κ2) is 5.38. The maximum Gasteiger partial charge on any atom is 0.150 e. The molecule has 2 aliphatic rings. The van der Waals surface area contributed by atoms with E-state index in [-0.39, 0.29) is 0 Å². The fraction of sp³-hybridized carbons (Fsp3) is 0.769. The largest absolute Gasteiger partial charge is 0.360 e. The Labute approximate surface area is 108 Å². The summed E-state index contributed by atoms with van der Waals surface area (Å²) < 4.78 is 5.17. The Bertz CT molecular complexity index is 359. The van der Waals surface area contributed by atoms with Crippen molar-refractivity contribution in [3.05, 3.63) is 18.0 Å². The maximum atomic E-state index is 5.96. The summed E-state index contributed by atoms with van der Waals surface area (Å²) in [6.07, 6.45) is 5.29. The third-order valence-corrected chi connectivity index (χ3v) is 4.21. The normalized spacial score (nSPS) is 27.9. The van der Waals surface area contributed by atoms with Crippen LogP contribution in [0.5, 0.6) is 0 Å². The summed E-state index contributed by atoms with van der Waals surface area (Å²) in [6.45, 7) is 5.54. The van der Waals surface area contributed by atoms with Gasteiger partial charge in [0.1, 0.15) is 0 Å². The van der Waals surface area contributed by atoms with Crippen LogP contribution in [0.15, 0.2) is 16.8 Å². The van der Waals surface area contributed by atoms with Crippen molar-refractivity contribution in [3.8, 4) is 0 Å². The van der Waals surface area contributed by atoms with Crippen LogP contribution in [0.2, 0.25) is 0 Å². The lowest BCUT2D eigenvalue weighted by Crippen LogP contribution is -2.46. The SMILES string of the molecule is NC1CCN(C2CCN(Cc3ccno3)C2)CC1. The molecule has 0 aromatic carbocycles. The lowest BCUT2D eigenvalue weighted by Gasteiger charge is -2.34. The molecule has 2 aliphatic heterocycles. The van der Waals surface area contributed by atoms with Gasteiger partial charge in [-0.3, -0.25) is 9.80 Å². The van der Waals surface area contributed by atoms with Gasteiger partial charge >= 0.3 is 0 Å². The smallest absolute Gasteiger partial charge is 0.150 e. The molecule has 3 heterocycles. The average Bonchev–Trinajstić information content (AvgIpc) is 3.02. The number of nitrogens with zero attached hydrogens (tertiary/aromatic N) is 3. The van der Waals surface area contributed by atoms with Crippen molar-refractivity contribution >= 4 is 0 Å². The van der Waals surface area contributed by atoms with E-state index >= 15 is 0 Å². The number of hydrogen-bond donors (Lipinski definition) is 1. The molecule has 0 bridgehead atoms. The van der Waals surface area contributed by atoms with Gasteiger partial charge in [0.25, 0.3) is 0 Å². The summed E-state index contributed by atoms with van der Waals surface area (Å²) in [5.41, 5.74) is 5.96. The molecule has 1 aromatic heterocycles. The van der Waals surface area contributed by atoms with Crippen LogP contribution in [0.25, 0.3) is 0 Å². The van der Waals surface area contributed by atoms with E-state index in [1.165, 1.54) is 19.5 Å². The Balaban J connectivity index is 1.49. The van der Waals surface area contributed by atoms with Gasteiger partial charge in [0, 0.05) is 31.2 Å². The maximum absolute atomic E-state index is 5.96. The topological polar surface area (TPSA) is 58.5 Å². The Morgan fingerprint density at radius 3 is 2.83 bits per heavy atom. The first kappa shape index (κ1) is 12.1. The van der Waals surface area contributed by atoms with Crippen LogP contribution >= 0.6 is 0 Å². The fourth-order valence-corrected chi connectivity index (χ4v) is 3.08. The molecule has 100 valence electrons. The van der Waals surface area contributed by atoms with E-state index in [2.05, 4.69) is 15.0 Å². The van der Waals surface area contributed by atoms with Gasteiger partial charge in [-0.2, -0.15) is 0 Å². The number of piperidine rings is 1. The third kappa shape index (κ3) is 2.74. The van der Waals surface area contributed by atoms with E-state index in [1.807, 2.05) is 6.07 Å². The number of likely N-dealkylation sites (tertiary alicyclic amines) is 2. The van der Waals surface area contributed by atoms with Gasteiger partial charge in [-0.1, -0.05) is 5.16 Å². The highest BCUT2D eigenvalue weighted by molar-refractivity contribution is 4.95. The molecular weight excluding hydrogens is 228 g/mol. The van der Waals surface area contributed by atoms with Gasteiger partial charge in [-0.25, -0.2) is 0 Å². The van der Waals surface area contributed by atoms with Crippen molar-refractivity contribution in [2.24, 2.45) is 5.73 Å². The number of hydrogen-bond acceptors (Lipinski definition) is 5. The lowest BCUT2D eigenvalue weighted by atomic mass is 10.0. The molecule has 0 spiro atoms. The zero-order chi connectivity index (χ0) is 12.4. The van der Waals surface area contributed by atoms with E-state index in [9.17, 15) is 0 Å². The van der Waals surface area contributed by atoms with Crippen molar-refractivity contribution in [3.63, 3.8) is 0 Å². The first-order chi connectivity index (χ1) is 8.81. The molecule has 1 aromatic rings. The van der Waals surface area contributed by atoms with E-state index in [4.69, 9.17) is 10.3 Å². The van der Waals surface area contributed by atoms with Gasteiger partial charge in [-0.15, -0.1) is 0 Å². The van der Waals surface area contributed by atoms with E-state index in [0.717, 1.165) is 38.2 Å². The summed E-state index contributed by atoms with van der Waals surface area (Å²) in [4.78, 5) is 5.07. The van der Waals surface area contributed by atoms with Gasteiger partial charge in [0.2, 0.25) is 0 Å². The standard InChI is InChI=1S/C13H22N4O/c14-11-2-7-17(8-3-11)12-4-6-16(9-12)10-13-1-5-15-18-13/h1,5,11-12H,2-4,6-10,14H2. The molecule has 0 amide bonds. The van der Waals surface area contributed by atoms with Crippen LogP contribution < -0.4 is 5.73 Å². The second-order valence-electron chi connectivity index (χ2n) is 5.53. The number of rotatable bonds is 3. The average molecular weight is 250 g/mol. The zero-order valence-electron chi connectivity index (χ0n) is 10.8. The van der Waals surface area contributed by atoms with Crippen molar-refractivity contribution in [1.29, 1.82) is 0 Å². The van der Waals surface area contributed by atoms with Crippen LogP contribution in [-0.4, -0.2) is 53.2 Å². The fourth-order valence-electron chi connectivity index (χ4n) is 3.08. The molecule has 18 heavy (non-hydrogen) atoms. The quantitative estimate of drug-likeness (QED) is 0.854. The zero-order valence-corrected chi connectivity index (χ0v) is 10.8. The molecule has 0 aliphatic carbocycles. The van der Waals surface area contributed by atoms with Crippen molar-refractivity contribution in [1.82, 2.24) is 15.0 Å². The van der Waals surface area contributed by atoms with Crippen LogP contribution in [0, 0.1) is 0 Å². The first-order valence-electron chi connectivity index (χ1n) is 6.93. The molecule has 1 unspecified atom stereocenters. The first-order valence-corrected chi connectivity index (χ1v) is 6.93. The summed E-state index contributed by atoms with van der Waals surface area (Å²) >= 11 is 0. The van der Waals surface area contributed by atoms with Crippen molar-refractivity contribution < 1.29 is 4.52 Å². The lowest BCUT2D eigenvalue weighted by molar-refractivity contribution is 0.149. The summed E-state index contributed by atoms with van der Waals surface area (Å²) in [5, 5.41) is 3.76. The van der Waals surface area contributed by atoms with Gasteiger partial charge in [0.05, 0.1) is 12.7 Å². The predicted octanol–water partition coefficient (Wildman–Crippen LogP) is 0.672. The highest BCUT2D eigenvalue weighted by atomic mass is 16.5. The molecule has 0 saturated carbocycles. The third-order valence-electron chi connectivity index (χ3n) is 4.21. The van der Waals surface area contributed by atoms with Crippen LogP contribution in [0.1, 0.15) is 25.0 Å². The highest BCUT2D eigenvalue weighted by Gasteiger charge is 2.29. The van der Waals surface area contributed by atoms with E-state index in [0.29, 0.717) is 12.1 Å². The van der Waals surface area contributed by atoms with E-state index in [1.54, 1.807) is 6.20 Å². The van der Waals surface area contributed by atoms with Gasteiger partial charge < -0.3 is 10.3 Å².